The van der Waals surface area contributed by atoms with Crippen molar-refractivity contribution in [3.05, 3.63) is 0 Å². The number of thiocarbonyl (C=S) groups is 1. The van der Waals surface area contributed by atoms with Gasteiger partial charge in [-0.25, -0.2) is 0 Å². The minimum Gasteiger partial charge on any atom is -0.391 e. The van der Waals surface area contributed by atoms with Crippen LogP contribution in [0.3, 0.4) is 0 Å². The highest BCUT2D eigenvalue weighted by molar-refractivity contribution is 7.80. The molecule has 1 unspecified atom stereocenters. The minimum absolute atomic E-state index is 0.0156. The molecule has 3 N–H and O–H groups in total. The maximum Gasteiger partial charge on any atom is 0.246 e. The average Bonchev–Trinajstić information content (AvgIpc) is 2.13. The lowest BCUT2D eigenvalue weighted by atomic mass is 9.99. The molecule has 0 saturated carbocycles. The van der Waals surface area contributed by atoms with Crippen molar-refractivity contribution in [3.8, 4) is 0 Å². The van der Waals surface area contributed by atoms with Crippen LogP contribution in [0.5, 0.6) is 0 Å². The Labute approximate surface area is 103 Å². The van der Waals surface area contributed by atoms with E-state index in [2.05, 4.69) is 5.32 Å². The van der Waals surface area contributed by atoms with Crippen molar-refractivity contribution in [2.75, 3.05) is 6.61 Å². The van der Waals surface area contributed by atoms with Crippen LogP contribution in [0.2, 0.25) is 0 Å². The standard InChI is InChI=1S/C11H22N2O2S/c1-6-11(5,9(12)16)13-8(14)7-15-10(2,3)4/h6-7H2,1-5H3,(H2,12,16)(H,13,14). The zero-order valence-corrected chi connectivity index (χ0v) is 11.5. The summed E-state index contributed by atoms with van der Waals surface area (Å²) >= 11 is 4.93. The summed E-state index contributed by atoms with van der Waals surface area (Å²) in [4.78, 5) is 11.9. The van der Waals surface area contributed by atoms with Crippen molar-refractivity contribution in [2.24, 2.45) is 5.73 Å². The quantitative estimate of drug-likeness (QED) is 0.719. The summed E-state index contributed by atoms with van der Waals surface area (Å²) in [5, 5.41) is 2.78. The number of rotatable bonds is 5. The first-order valence-electron chi connectivity index (χ1n) is 5.35. The van der Waals surface area contributed by atoms with E-state index in [-0.39, 0.29) is 18.1 Å². The molecule has 0 heterocycles. The molecule has 0 aliphatic carbocycles. The molecule has 0 rings (SSSR count). The van der Waals surface area contributed by atoms with Gasteiger partial charge in [-0.2, -0.15) is 0 Å². The van der Waals surface area contributed by atoms with E-state index in [1.165, 1.54) is 0 Å². The zero-order valence-electron chi connectivity index (χ0n) is 10.7. The van der Waals surface area contributed by atoms with Crippen molar-refractivity contribution in [1.82, 2.24) is 5.32 Å². The number of hydrogen-bond acceptors (Lipinski definition) is 3. The van der Waals surface area contributed by atoms with Gasteiger partial charge in [-0.3, -0.25) is 4.79 Å². The first-order chi connectivity index (χ1) is 7.10. The molecular formula is C11H22N2O2S. The summed E-state index contributed by atoms with van der Waals surface area (Å²) in [6, 6.07) is 0. The number of hydrogen-bond donors (Lipinski definition) is 2. The SMILES string of the molecule is CCC(C)(NC(=O)COC(C)(C)C)C(N)=S. The number of ether oxygens (including phenoxy) is 1. The molecule has 94 valence electrons. The third-order valence-electron chi connectivity index (χ3n) is 2.30. The number of amides is 1. The van der Waals surface area contributed by atoms with E-state index >= 15 is 0 Å². The zero-order chi connectivity index (χ0) is 13.0. The van der Waals surface area contributed by atoms with Gasteiger partial charge in [-0.15, -0.1) is 0 Å². The molecule has 0 aromatic rings. The van der Waals surface area contributed by atoms with E-state index in [0.717, 1.165) is 0 Å². The lowest BCUT2D eigenvalue weighted by Crippen LogP contribution is -2.55. The van der Waals surface area contributed by atoms with Crippen LogP contribution in [0.25, 0.3) is 0 Å². The van der Waals surface area contributed by atoms with Gasteiger partial charge in [0.2, 0.25) is 5.91 Å². The van der Waals surface area contributed by atoms with Gasteiger partial charge in [0.1, 0.15) is 6.61 Å². The third kappa shape index (κ3) is 5.42. The van der Waals surface area contributed by atoms with Gasteiger partial charge in [-0.05, 0) is 34.1 Å². The van der Waals surface area contributed by atoms with Crippen LogP contribution in [-0.2, 0) is 9.53 Å². The van der Waals surface area contributed by atoms with E-state index in [9.17, 15) is 4.79 Å². The maximum absolute atomic E-state index is 11.6. The Morgan fingerprint density at radius 3 is 2.19 bits per heavy atom. The largest absolute Gasteiger partial charge is 0.391 e. The molecule has 16 heavy (non-hydrogen) atoms. The van der Waals surface area contributed by atoms with Gasteiger partial charge in [0.25, 0.3) is 0 Å². The molecule has 0 spiro atoms. The number of carbonyl (C=O) groups is 1. The van der Waals surface area contributed by atoms with Crippen molar-refractivity contribution in [2.45, 2.75) is 52.2 Å². The van der Waals surface area contributed by atoms with Gasteiger partial charge in [-0.1, -0.05) is 19.1 Å². The lowest BCUT2D eigenvalue weighted by molar-refractivity contribution is -0.131. The van der Waals surface area contributed by atoms with Gasteiger partial charge in [0.05, 0.1) is 16.1 Å². The smallest absolute Gasteiger partial charge is 0.246 e. The molecule has 0 aromatic heterocycles. The average molecular weight is 246 g/mol. The predicted octanol–water partition coefficient (Wildman–Crippen LogP) is 1.37. The van der Waals surface area contributed by atoms with E-state index in [1.54, 1.807) is 0 Å². The summed E-state index contributed by atoms with van der Waals surface area (Å²) < 4.78 is 5.37. The highest BCUT2D eigenvalue weighted by atomic mass is 32.1. The van der Waals surface area contributed by atoms with E-state index in [0.29, 0.717) is 11.4 Å². The van der Waals surface area contributed by atoms with E-state index in [4.69, 9.17) is 22.7 Å². The Balaban J connectivity index is 4.28. The van der Waals surface area contributed by atoms with Crippen LogP contribution in [0, 0.1) is 0 Å². The predicted molar refractivity (Wildman–Crippen MR) is 69.3 cm³/mol. The molecule has 0 fully saturated rings. The molecule has 0 radical (unpaired) electrons. The van der Waals surface area contributed by atoms with Crippen molar-refractivity contribution in [3.63, 3.8) is 0 Å². The molecule has 0 aliphatic heterocycles. The van der Waals surface area contributed by atoms with Crippen LogP contribution in [0.1, 0.15) is 41.0 Å². The second-order valence-corrected chi connectivity index (χ2v) is 5.44. The maximum atomic E-state index is 11.6. The second-order valence-electron chi connectivity index (χ2n) is 5.00. The molecule has 0 aliphatic rings. The number of carbonyl (C=O) groups excluding carboxylic acids is 1. The first-order valence-corrected chi connectivity index (χ1v) is 5.76. The lowest BCUT2D eigenvalue weighted by Gasteiger charge is -2.29. The summed E-state index contributed by atoms with van der Waals surface area (Å²) in [6.45, 7) is 9.43. The Kier molecular flexibility index (Phi) is 5.35. The summed E-state index contributed by atoms with van der Waals surface area (Å²) in [5.74, 6) is -0.202. The molecule has 5 heteroatoms. The van der Waals surface area contributed by atoms with Crippen molar-refractivity contribution < 1.29 is 9.53 Å². The Hall–Kier alpha value is -0.680. The highest BCUT2D eigenvalue weighted by Gasteiger charge is 2.27. The van der Waals surface area contributed by atoms with Crippen LogP contribution in [0.15, 0.2) is 0 Å². The Morgan fingerprint density at radius 1 is 1.38 bits per heavy atom. The summed E-state index contributed by atoms with van der Waals surface area (Å²) in [7, 11) is 0. The van der Waals surface area contributed by atoms with Gasteiger partial charge >= 0.3 is 0 Å². The number of nitrogens with one attached hydrogen (secondary N) is 1. The fourth-order valence-corrected chi connectivity index (χ4v) is 1.15. The monoisotopic (exact) mass is 246 g/mol. The first kappa shape index (κ1) is 15.3. The van der Waals surface area contributed by atoms with Crippen LogP contribution in [0.4, 0.5) is 0 Å². The number of nitrogens with two attached hydrogens (primary N) is 1. The minimum atomic E-state index is -0.631. The van der Waals surface area contributed by atoms with Gasteiger partial charge in [0, 0.05) is 0 Å². The van der Waals surface area contributed by atoms with Crippen LogP contribution < -0.4 is 11.1 Å². The van der Waals surface area contributed by atoms with Crippen molar-refractivity contribution >= 4 is 23.1 Å². The van der Waals surface area contributed by atoms with E-state index in [1.807, 2.05) is 34.6 Å². The van der Waals surface area contributed by atoms with Crippen molar-refractivity contribution in [1.29, 1.82) is 0 Å². The molecule has 4 nitrogen and oxygen atoms in total. The summed E-state index contributed by atoms with van der Waals surface area (Å²) in [6.07, 6.45) is 0.656. The normalized spacial score (nSPS) is 15.3. The van der Waals surface area contributed by atoms with Gasteiger partial charge < -0.3 is 15.8 Å². The molecular weight excluding hydrogens is 224 g/mol. The summed E-state index contributed by atoms with van der Waals surface area (Å²) in [5.41, 5.74) is 4.63. The Morgan fingerprint density at radius 2 is 1.88 bits per heavy atom. The second kappa shape index (κ2) is 5.59. The van der Waals surface area contributed by atoms with Crippen LogP contribution in [-0.4, -0.2) is 28.6 Å². The molecule has 0 bridgehead atoms. The molecule has 1 atom stereocenters. The van der Waals surface area contributed by atoms with Crippen LogP contribution >= 0.6 is 12.2 Å². The topological polar surface area (TPSA) is 64.3 Å². The molecule has 0 saturated heterocycles. The Bertz CT molecular complexity index is 274. The third-order valence-corrected chi connectivity index (χ3v) is 2.75. The van der Waals surface area contributed by atoms with Gasteiger partial charge in [0.15, 0.2) is 0 Å². The highest BCUT2D eigenvalue weighted by Crippen LogP contribution is 2.10. The fourth-order valence-electron chi connectivity index (χ4n) is 0.950. The molecule has 1 amide bonds. The molecule has 0 aromatic carbocycles. The fraction of sp³-hybridized carbons (Fsp3) is 0.818. The van der Waals surface area contributed by atoms with E-state index < -0.39 is 5.54 Å².